The molecular formula is C13H11F3N4O. The predicted molar refractivity (Wildman–Crippen MR) is 68.4 cm³/mol. The van der Waals surface area contributed by atoms with E-state index in [0.29, 0.717) is 5.52 Å². The Morgan fingerprint density at radius 1 is 1.24 bits per heavy atom. The van der Waals surface area contributed by atoms with E-state index in [0.717, 1.165) is 17.2 Å². The zero-order chi connectivity index (χ0) is 15.3. The molecule has 0 saturated heterocycles. The van der Waals surface area contributed by atoms with Crippen LogP contribution in [0.25, 0.3) is 10.9 Å². The summed E-state index contributed by atoms with van der Waals surface area (Å²) in [5.41, 5.74) is -3.04. The molecular weight excluding hydrogens is 285 g/mol. The third kappa shape index (κ3) is 1.83. The summed E-state index contributed by atoms with van der Waals surface area (Å²) in [5.74, 6) is -0.584. The highest BCUT2D eigenvalue weighted by Crippen LogP contribution is 2.45. The van der Waals surface area contributed by atoms with Crippen LogP contribution in [0.15, 0.2) is 36.8 Å². The zero-order valence-electron chi connectivity index (χ0n) is 10.9. The van der Waals surface area contributed by atoms with E-state index in [1.165, 1.54) is 13.1 Å². The number of aryl methyl sites for hydroxylation is 1. The number of hydrogen-bond acceptors (Lipinski definition) is 3. The van der Waals surface area contributed by atoms with E-state index in [1.807, 2.05) is 0 Å². The minimum absolute atomic E-state index is 0.278. The van der Waals surface area contributed by atoms with E-state index in [-0.39, 0.29) is 10.9 Å². The molecule has 0 bridgehead atoms. The molecule has 2 N–H and O–H groups in total. The molecule has 110 valence electrons. The number of nitrogens with one attached hydrogen (secondary N) is 1. The van der Waals surface area contributed by atoms with Gasteiger partial charge in [0.25, 0.3) is 0 Å². The summed E-state index contributed by atoms with van der Waals surface area (Å²) in [6.45, 7) is 0. The molecule has 2 heterocycles. The standard InChI is InChI=1S/C13H11F3N4O/c1-20-11(18-7-19-20)12(21,13(14,15)16)9-6-17-10-5-3-2-4-8(9)10/h2-7,17,21H,1H3. The molecule has 0 aliphatic rings. The second kappa shape index (κ2) is 4.32. The number of rotatable bonds is 2. The highest BCUT2D eigenvalue weighted by atomic mass is 19.4. The van der Waals surface area contributed by atoms with Crippen molar-refractivity contribution in [3.63, 3.8) is 0 Å². The molecule has 8 heteroatoms. The molecule has 1 unspecified atom stereocenters. The Bertz CT molecular complexity index is 792. The van der Waals surface area contributed by atoms with Gasteiger partial charge in [-0.3, -0.25) is 0 Å². The van der Waals surface area contributed by atoms with Crippen molar-refractivity contribution in [3.05, 3.63) is 48.2 Å². The molecule has 2 aromatic heterocycles. The van der Waals surface area contributed by atoms with E-state index >= 15 is 0 Å². The number of alkyl halides is 3. The van der Waals surface area contributed by atoms with E-state index in [9.17, 15) is 18.3 Å². The molecule has 0 aliphatic heterocycles. The van der Waals surface area contributed by atoms with Gasteiger partial charge in [-0.05, 0) is 6.07 Å². The summed E-state index contributed by atoms with van der Waals surface area (Å²) in [6, 6.07) is 6.44. The number of hydrogen-bond donors (Lipinski definition) is 2. The Morgan fingerprint density at radius 2 is 1.95 bits per heavy atom. The average Bonchev–Trinajstić information content (AvgIpc) is 3.03. The summed E-state index contributed by atoms with van der Waals surface area (Å²) in [5, 5.41) is 14.4. The molecule has 0 radical (unpaired) electrons. The predicted octanol–water partition coefficient (Wildman–Crippen LogP) is 2.09. The quantitative estimate of drug-likeness (QED) is 0.761. The van der Waals surface area contributed by atoms with Crippen LogP contribution in [-0.4, -0.2) is 31.0 Å². The van der Waals surface area contributed by atoms with Gasteiger partial charge in [-0.1, -0.05) is 18.2 Å². The third-order valence-corrected chi connectivity index (χ3v) is 3.42. The molecule has 5 nitrogen and oxygen atoms in total. The number of aromatic nitrogens is 4. The SMILES string of the molecule is Cn1ncnc1C(O)(c1c[nH]c2ccccc12)C(F)(F)F. The molecule has 1 aromatic carbocycles. The van der Waals surface area contributed by atoms with Crippen LogP contribution in [0.2, 0.25) is 0 Å². The Labute approximate surface area is 117 Å². The number of fused-ring (bicyclic) bond motifs is 1. The van der Waals surface area contributed by atoms with Gasteiger partial charge in [0.15, 0.2) is 5.82 Å². The Balaban J connectivity index is 2.34. The number of aromatic amines is 1. The number of nitrogens with zero attached hydrogens (tertiary/aromatic N) is 3. The van der Waals surface area contributed by atoms with Crippen LogP contribution in [0.4, 0.5) is 13.2 Å². The molecule has 3 rings (SSSR count). The van der Waals surface area contributed by atoms with Gasteiger partial charge in [0.05, 0.1) is 0 Å². The van der Waals surface area contributed by atoms with Crippen molar-refractivity contribution >= 4 is 10.9 Å². The van der Waals surface area contributed by atoms with Crippen LogP contribution in [0.3, 0.4) is 0 Å². The fourth-order valence-corrected chi connectivity index (χ4v) is 2.39. The van der Waals surface area contributed by atoms with Crippen molar-refractivity contribution in [3.8, 4) is 0 Å². The highest BCUT2D eigenvalue weighted by Gasteiger charge is 2.60. The maximum absolute atomic E-state index is 13.6. The maximum Gasteiger partial charge on any atom is 0.429 e. The van der Waals surface area contributed by atoms with Crippen molar-refractivity contribution in [1.82, 2.24) is 19.7 Å². The van der Waals surface area contributed by atoms with Crippen LogP contribution in [0, 0.1) is 0 Å². The lowest BCUT2D eigenvalue weighted by atomic mass is 9.91. The lowest BCUT2D eigenvalue weighted by Gasteiger charge is -2.29. The Kier molecular flexibility index (Phi) is 2.80. The zero-order valence-corrected chi connectivity index (χ0v) is 10.9. The van der Waals surface area contributed by atoms with Gasteiger partial charge in [-0.25, -0.2) is 9.67 Å². The van der Waals surface area contributed by atoms with Gasteiger partial charge in [0.2, 0.25) is 5.60 Å². The summed E-state index contributed by atoms with van der Waals surface area (Å²) in [4.78, 5) is 6.31. The molecule has 3 aromatic rings. The monoisotopic (exact) mass is 296 g/mol. The summed E-state index contributed by atoms with van der Waals surface area (Å²) in [7, 11) is 1.30. The Hall–Kier alpha value is -2.35. The van der Waals surface area contributed by atoms with Crippen LogP contribution < -0.4 is 0 Å². The van der Waals surface area contributed by atoms with Crippen LogP contribution in [0.5, 0.6) is 0 Å². The third-order valence-electron chi connectivity index (χ3n) is 3.42. The fraction of sp³-hybridized carbons (Fsp3) is 0.231. The number of para-hydroxylation sites is 1. The number of aliphatic hydroxyl groups is 1. The van der Waals surface area contributed by atoms with Gasteiger partial charge >= 0.3 is 6.18 Å². The smallest absolute Gasteiger partial charge is 0.370 e. The first-order valence-electron chi connectivity index (χ1n) is 6.06. The van der Waals surface area contributed by atoms with Gasteiger partial charge in [0.1, 0.15) is 6.33 Å². The molecule has 0 fully saturated rings. The van der Waals surface area contributed by atoms with E-state index < -0.39 is 17.6 Å². The number of halogens is 3. The maximum atomic E-state index is 13.6. The largest absolute Gasteiger partial charge is 0.429 e. The second-order valence-corrected chi connectivity index (χ2v) is 4.66. The van der Waals surface area contributed by atoms with Crippen molar-refractivity contribution in [1.29, 1.82) is 0 Å². The Morgan fingerprint density at radius 3 is 2.57 bits per heavy atom. The normalized spacial score (nSPS) is 15.3. The topological polar surface area (TPSA) is 66.7 Å². The van der Waals surface area contributed by atoms with Gasteiger partial charge < -0.3 is 10.1 Å². The second-order valence-electron chi connectivity index (χ2n) is 4.66. The van der Waals surface area contributed by atoms with Crippen molar-refractivity contribution in [2.24, 2.45) is 7.05 Å². The van der Waals surface area contributed by atoms with Crippen molar-refractivity contribution < 1.29 is 18.3 Å². The lowest BCUT2D eigenvalue weighted by molar-refractivity contribution is -0.251. The molecule has 0 aliphatic carbocycles. The van der Waals surface area contributed by atoms with E-state index in [4.69, 9.17) is 0 Å². The minimum atomic E-state index is -4.95. The summed E-state index contributed by atoms with van der Waals surface area (Å²) >= 11 is 0. The van der Waals surface area contributed by atoms with Crippen LogP contribution in [0.1, 0.15) is 11.4 Å². The summed E-state index contributed by atoms with van der Waals surface area (Å²) in [6.07, 6.45) is -2.83. The van der Waals surface area contributed by atoms with Crippen LogP contribution in [-0.2, 0) is 12.6 Å². The van der Waals surface area contributed by atoms with Crippen LogP contribution >= 0.6 is 0 Å². The highest BCUT2D eigenvalue weighted by molar-refractivity contribution is 5.84. The molecule has 0 saturated carbocycles. The van der Waals surface area contributed by atoms with Crippen molar-refractivity contribution in [2.75, 3.05) is 0 Å². The van der Waals surface area contributed by atoms with Gasteiger partial charge in [-0.15, -0.1) is 0 Å². The van der Waals surface area contributed by atoms with Crippen molar-refractivity contribution in [2.45, 2.75) is 11.8 Å². The average molecular weight is 296 g/mol. The molecule has 21 heavy (non-hydrogen) atoms. The lowest BCUT2D eigenvalue weighted by Crippen LogP contribution is -2.45. The number of benzene rings is 1. The van der Waals surface area contributed by atoms with Gasteiger partial charge in [0, 0.05) is 29.7 Å². The number of H-pyrrole nitrogens is 1. The van der Waals surface area contributed by atoms with Gasteiger partial charge in [-0.2, -0.15) is 18.3 Å². The first-order chi connectivity index (χ1) is 9.85. The van der Waals surface area contributed by atoms with E-state index in [2.05, 4.69) is 15.1 Å². The molecule has 0 amide bonds. The first-order valence-corrected chi connectivity index (χ1v) is 6.06. The van der Waals surface area contributed by atoms with E-state index in [1.54, 1.807) is 18.2 Å². The molecule has 1 atom stereocenters. The fourth-order valence-electron chi connectivity index (χ4n) is 2.39. The minimum Gasteiger partial charge on any atom is -0.370 e. The first kappa shape index (κ1) is 13.6. The molecule has 0 spiro atoms. The summed E-state index contributed by atoms with van der Waals surface area (Å²) < 4.78 is 41.7.